The van der Waals surface area contributed by atoms with Gasteiger partial charge in [-0.25, -0.2) is 4.98 Å². The van der Waals surface area contributed by atoms with E-state index in [9.17, 15) is 4.79 Å². The van der Waals surface area contributed by atoms with Gasteiger partial charge in [-0.1, -0.05) is 5.16 Å². The van der Waals surface area contributed by atoms with Gasteiger partial charge in [0, 0.05) is 52.4 Å². The quantitative estimate of drug-likeness (QED) is 0.809. The number of carbonyl (C=O) groups excluding carboxylic acids is 1. The smallest absolute Gasteiger partial charge is 0.223 e. The third-order valence-electron chi connectivity index (χ3n) is 4.26. The topological polar surface area (TPSA) is 80.3 Å². The highest BCUT2D eigenvalue weighted by atomic mass is 16.5. The van der Waals surface area contributed by atoms with Crippen molar-refractivity contribution in [3.63, 3.8) is 0 Å². The summed E-state index contributed by atoms with van der Waals surface area (Å²) in [7, 11) is 2.00. The van der Waals surface area contributed by atoms with Crippen LogP contribution in [0, 0.1) is 6.92 Å². The number of hydrogen-bond donors (Lipinski definition) is 0. The minimum atomic E-state index is 0.0382. The fourth-order valence-electron chi connectivity index (χ4n) is 3.01. The van der Waals surface area contributed by atoms with Crippen molar-refractivity contribution >= 4 is 5.91 Å². The molecule has 0 bridgehead atoms. The lowest BCUT2D eigenvalue weighted by Gasteiger charge is -2.27. The highest BCUT2D eigenvalue weighted by molar-refractivity contribution is 5.73. The first kappa shape index (κ1) is 15.7. The van der Waals surface area contributed by atoms with Crippen LogP contribution < -0.4 is 0 Å². The Morgan fingerprint density at radius 2 is 2.35 bits per heavy atom. The SMILES string of the molecule is CC(=O)N(Cc1noc(C)n1)[C@@H]1CCN(Cc2nccn2C)C1. The zero-order valence-corrected chi connectivity index (χ0v) is 13.8. The van der Waals surface area contributed by atoms with E-state index in [0.717, 1.165) is 31.9 Å². The van der Waals surface area contributed by atoms with Crippen molar-refractivity contribution in [2.75, 3.05) is 13.1 Å². The van der Waals surface area contributed by atoms with Gasteiger partial charge in [0.05, 0.1) is 13.1 Å². The summed E-state index contributed by atoms with van der Waals surface area (Å²) in [4.78, 5) is 24.7. The first-order chi connectivity index (χ1) is 11.0. The number of carbonyl (C=O) groups is 1. The summed E-state index contributed by atoms with van der Waals surface area (Å²) >= 11 is 0. The van der Waals surface area contributed by atoms with E-state index in [2.05, 4.69) is 20.0 Å². The second-order valence-electron chi connectivity index (χ2n) is 6.01. The maximum absolute atomic E-state index is 12.0. The summed E-state index contributed by atoms with van der Waals surface area (Å²) in [5.41, 5.74) is 0. The van der Waals surface area contributed by atoms with Crippen molar-refractivity contribution in [1.29, 1.82) is 0 Å². The Hall–Kier alpha value is -2.22. The van der Waals surface area contributed by atoms with Crippen LogP contribution in [0.4, 0.5) is 0 Å². The van der Waals surface area contributed by atoms with Gasteiger partial charge >= 0.3 is 0 Å². The zero-order valence-electron chi connectivity index (χ0n) is 13.8. The van der Waals surface area contributed by atoms with Crippen LogP contribution in [0.2, 0.25) is 0 Å². The van der Waals surface area contributed by atoms with Gasteiger partial charge in [-0.15, -0.1) is 0 Å². The average molecular weight is 318 g/mol. The van der Waals surface area contributed by atoms with Crippen LogP contribution >= 0.6 is 0 Å². The van der Waals surface area contributed by atoms with Gasteiger partial charge in [0.1, 0.15) is 5.82 Å². The van der Waals surface area contributed by atoms with E-state index in [1.54, 1.807) is 13.8 Å². The molecule has 1 amide bonds. The predicted molar refractivity (Wildman–Crippen MR) is 82.1 cm³/mol. The molecule has 1 saturated heterocycles. The van der Waals surface area contributed by atoms with Crippen molar-refractivity contribution in [2.24, 2.45) is 7.05 Å². The van der Waals surface area contributed by atoms with E-state index in [0.29, 0.717) is 18.3 Å². The molecule has 2 aromatic heterocycles. The van der Waals surface area contributed by atoms with Crippen LogP contribution in [0.15, 0.2) is 16.9 Å². The normalized spacial score (nSPS) is 18.5. The number of likely N-dealkylation sites (tertiary alicyclic amines) is 1. The molecule has 23 heavy (non-hydrogen) atoms. The summed E-state index contributed by atoms with van der Waals surface area (Å²) < 4.78 is 7.02. The molecule has 0 spiro atoms. The zero-order chi connectivity index (χ0) is 16.4. The molecule has 0 saturated carbocycles. The van der Waals surface area contributed by atoms with E-state index >= 15 is 0 Å². The fourth-order valence-corrected chi connectivity index (χ4v) is 3.01. The van der Waals surface area contributed by atoms with Gasteiger partial charge in [0.15, 0.2) is 5.82 Å². The summed E-state index contributed by atoms with van der Waals surface area (Å²) in [6.45, 7) is 6.32. The number of aryl methyl sites for hydroxylation is 2. The minimum absolute atomic E-state index is 0.0382. The monoisotopic (exact) mass is 318 g/mol. The second kappa shape index (κ2) is 6.49. The highest BCUT2D eigenvalue weighted by Crippen LogP contribution is 2.19. The Balaban J connectivity index is 1.63. The number of imidazole rings is 1. The molecule has 1 fully saturated rings. The van der Waals surface area contributed by atoms with Gasteiger partial charge in [0.25, 0.3) is 0 Å². The molecule has 0 unspecified atom stereocenters. The lowest BCUT2D eigenvalue weighted by atomic mass is 10.2. The Morgan fingerprint density at radius 3 is 2.96 bits per heavy atom. The van der Waals surface area contributed by atoms with Crippen molar-refractivity contribution in [2.45, 2.75) is 39.4 Å². The van der Waals surface area contributed by atoms with Gasteiger partial charge < -0.3 is 14.0 Å². The second-order valence-corrected chi connectivity index (χ2v) is 6.01. The lowest BCUT2D eigenvalue weighted by Crippen LogP contribution is -2.40. The molecule has 8 heteroatoms. The van der Waals surface area contributed by atoms with Crippen LogP contribution in [-0.2, 0) is 24.9 Å². The van der Waals surface area contributed by atoms with E-state index < -0.39 is 0 Å². The van der Waals surface area contributed by atoms with Crippen LogP contribution in [0.1, 0.15) is 30.9 Å². The molecule has 1 aliphatic rings. The van der Waals surface area contributed by atoms with Crippen molar-refractivity contribution < 1.29 is 9.32 Å². The summed E-state index contributed by atoms with van der Waals surface area (Å²) in [6, 6.07) is 0.173. The van der Waals surface area contributed by atoms with E-state index in [1.165, 1.54) is 0 Å². The maximum atomic E-state index is 12.0. The Bertz CT molecular complexity index is 679. The molecular weight excluding hydrogens is 296 g/mol. The lowest BCUT2D eigenvalue weighted by molar-refractivity contribution is -0.131. The minimum Gasteiger partial charge on any atom is -0.340 e. The first-order valence-electron chi connectivity index (χ1n) is 7.78. The molecule has 1 aliphatic heterocycles. The van der Waals surface area contributed by atoms with E-state index in [1.807, 2.05) is 28.9 Å². The standard InChI is InChI=1S/C15H22N6O2/c1-11-17-14(18-23-11)9-21(12(2)22)13-4-6-20(8-13)10-15-16-5-7-19(15)3/h5,7,13H,4,6,8-10H2,1-3H3/t13-/m1/s1. The van der Waals surface area contributed by atoms with E-state index in [-0.39, 0.29) is 11.9 Å². The molecule has 8 nitrogen and oxygen atoms in total. The largest absolute Gasteiger partial charge is 0.340 e. The van der Waals surface area contributed by atoms with Crippen molar-refractivity contribution in [3.05, 3.63) is 29.9 Å². The molecule has 3 rings (SSSR count). The third kappa shape index (κ3) is 3.58. The van der Waals surface area contributed by atoms with E-state index in [4.69, 9.17) is 4.52 Å². The first-order valence-corrected chi connectivity index (χ1v) is 7.78. The third-order valence-corrected chi connectivity index (χ3v) is 4.26. The molecule has 0 aliphatic carbocycles. The van der Waals surface area contributed by atoms with Crippen LogP contribution in [0.3, 0.4) is 0 Å². The Labute approximate surface area is 135 Å². The summed E-state index contributed by atoms with van der Waals surface area (Å²) in [5.74, 6) is 2.15. The Morgan fingerprint density at radius 1 is 1.52 bits per heavy atom. The van der Waals surface area contributed by atoms with Gasteiger partial charge in [-0.2, -0.15) is 4.98 Å². The number of aromatic nitrogens is 4. The average Bonchev–Trinajstić information content (AvgIpc) is 3.20. The fraction of sp³-hybridized carbons (Fsp3) is 0.600. The van der Waals surface area contributed by atoms with Crippen LogP contribution in [0.25, 0.3) is 0 Å². The predicted octanol–water partition coefficient (Wildman–Crippen LogP) is 0.735. The van der Waals surface area contributed by atoms with Gasteiger partial charge in [0.2, 0.25) is 11.8 Å². The molecule has 124 valence electrons. The van der Waals surface area contributed by atoms with Gasteiger partial charge in [-0.05, 0) is 6.42 Å². The van der Waals surface area contributed by atoms with Crippen LogP contribution in [0.5, 0.6) is 0 Å². The number of rotatable bonds is 5. The van der Waals surface area contributed by atoms with Crippen molar-refractivity contribution in [1.82, 2.24) is 29.5 Å². The highest BCUT2D eigenvalue weighted by Gasteiger charge is 2.30. The van der Waals surface area contributed by atoms with Crippen molar-refractivity contribution in [3.8, 4) is 0 Å². The molecular formula is C15H22N6O2. The maximum Gasteiger partial charge on any atom is 0.223 e. The summed E-state index contributed by atoms with van der Waals surface area (Å²) in [6.07, 6.45) is 4.70. The van der Waals surface area contributed by atoms with Crippen LogP contribution in [-0.4, -0.2) is 54.5 Å². The molecule has 1 atom stereocenters. The molecule has 0 radical (unpaired) electrons. The number of amides is 1. The Kier molecular flexibility index (Phi) is 4.42. The summed E-state index contributed by atoms with van der Waals surface area (Å²) in [5, 5.41) is 3.89. The van der Waals surface area contributed by atoms with Gasteiger partial charge in [-0.3, -0.25) is 9.69 Å². The number of hydrogen-bond acceptors (Lipinski definition) is 6. The molecule has 0 aromatic carbocycles. The molecule has 0 N–H and O–H groups in total. The number of nitrogens with zero attached hydrogens (tertiary/aromatic N) is 6. The molecule has 2 aromatic rings. The molecule has 3 heterocycles.